The van der Waals surface area contributed by atoms with E-state index in [0.29, 0.717) is 19.9 Å². The first-order chi connectivity index (χ1) is 7.99. The Morgan fingerprint density at radius 1 is 1.47 bits per heavy atom. The molecule has 0 atom stereocenters. The van der Waals surface area contributed by atoms with Gasteiger partial charge in [-0.15, -0.1) is 11.3 Å². The van der Waals surface area contributed by atoms with Gasteiger partial charge in [-0.25, -0.2) is 0 Å². The van der Waals surface area contributed by atoms with Crippen LogP contribution in [0.1, 0.15) is 21.7 Å². The summed E-state index contributed by atoms with van der Waals surface area (Å²) in [4.78, 5) is 12.0. The van der Waals surface area contributed by atoms with Gasteiger partial charge in [0.05, 0.1) is 27.0 Å². The van der Waals surface area contributed by atoms with Crippen LogP contribution in [-0.4, -0.2) is 16.1 Å². The number of hydrogen-bond donors (Lipinski definition) is 2. The number of nitrogens with one attached hydrogen (secondary N) is 2. The van der Waals surface area contributed by atoms with Crippen molar-refractivity contribution in [3.05, 3.63) is 31.7 Å². The van der Waals surface area contributed by atoms with Crippen molar-refractivity contribution in [2.45, 2.75) is 13.8 Å². The summed E-state index contributed by atoms with van der Waals surface area (Å²) in [6.45, 7) is 3.64. The predicted molar refractivity (Wildman–Crippen MR) is 70.4 cm³/mol. The van der Waals surface area contributed by atoms with Gasteiger partial charge in [-0.1, -0.05) is 23.2 Å². The Morgan fingerprint density at radius 3 is 2.65 bits per heavy atom. The number of aryl methyl sites for hydroxylation is 2. The molecular formula is C10H9Cl2N3OS. The maximum Gasteiger partial charge on any atom is 0.258 e. The number of amides is 1. The Balaban J connectivity index is 2.26. The fourth-order valence-electron chi connectivity index (χ4n) is 1.41. The second-order valence-corrected chi connectivity index (χ2v) is 5.79. The molecule has 0 spiro atoms. The monoisotopic (exact) mass is 289 g/mol. The largest absolute Gasteiger partial charge is 0.319 e. The van der Waals surface area contributed by atoms with Crippen molar-refractivity contribution in [2.24, 2.45) is 0 Å². The summed E-state index contributed by atoms with van der Waals surface area (Å²) in [5.41, 5.74) is 2.58. The van der Waals surface area contributed by atoms with Gasteiger partial charge in [-0.05, 0) is 19.9 Å². The van der Waals surface area contributed by atoms with Crippen LogP contribution in [0.4, 0.5) is 5.69 Å². The first kappa shape index (κ1) is 12.4. The first-order valence-electron chi connectivity index (χ1n) is 4.76. The van der Waals surface area contributed by atoms with Crippen molar-refractivity contribution in [2.75, 3.05) is 5.32 Å². The number of anilines is 1. The number of aromatic nitrogens is 2. The molecule has 0 aliphatic carbocycles. The molecule has 0 fully saturated rings. The number of rotatable bonds is 2. The molecule has 0 bridgehead atoms. The Bertz CT molecular complexity index is 557. The van der Waals surface area contributed by atoms with Crippen molar-refractivity contribution in [1.29, 1.82) is 0 Å². The van der Waals surface area contributed by atoms with Gasteiger partial charge in [0.15, 0.2) is 0 Å². The second kappa shape index (κ2) is 4.68. The van der Waals surface area contributed by atoms with Crippen LogP contribution >= 0.6 is 34.5 Å². The van der Waals surface area contributed by atoms with Crippen LogP contribution in [0.15, 0.2) is 6.07 Å². The summed E-state index contributed by atoms with van der Waals surface area (Å²) in [7, 11) is 0. The third-order valence-electron chi connectivity index (χ3n) is 2.27. The van der Waals surface area contributed by atoms with Crippen LogP contribution < -0.4 is 5.32 Å². The van der Waals surface area contributed by atoms with Crippen LogP contribution in [0.3, 0.4) is 0 Å². The number of carbonyl (C=O) groups excluding carboxylic acids is 1. The van der Waals surface area contributed by atoms with Gasteiger partial charge >= 0.3 is 0 Å². The molecule has 4 nitrogen and oxygen atoms in total. The van der Waals surface area contributed by atoms with Gasteiger partial charge in [-0.3, -0.25) is 9.89 Å². The van der Waals surface area contributed by atoms with E-state index in [1.54, 1.807) is 13.0 Å². The molecular weight excluding hydrogens is 281 g/mol. The van der Waals surface area contributed by atoms with E-state index in [-0.39, 0.29) is 5.91 Å². The smallest absolute Gasteiger partial charge is 0.258 e. The summed E-state index contributed by atoms with van der Waals surface area (Å²) in [5, 5.41) is 9.55. The highest BCUT2D eigenvalue weighted by Gasteiger charge is 2.16. The lowest BCUT2D eigenvalue weighted by atomic mass is 10.2. The van der Waals surface area contributed by atoms with Crippen molar-refractivity contribution in [3.63, 3.8) is 0 Å². The Morgan fingerprint density at radius 2 is 2.18 bits per heavy atom. The normalized spacial score (nSPS) is 10.6. The van der Waals surface area contributed by atoms with Crippen molar-refractivity contribution < 1.29 is 4.79 Å². The lowest BCUT2D eigenvalue weighted by Crippen LogP contribution is -2.12. The van der Waals surface area contributed by atoms with Crippen LogP contribution in [0, 0.1) is 13.8 Å². The van der Waals surface area contributed by atoms with E-state index in [0.717, 1.165) is 11.4 Å². The average molecular weight is 290 g/mol. The zero-order chi connectivity index (χ0) is 12.6. The summed E-state index contributed by atoms with van der Waals surface area (Å²) in [6, 6.07) is 1.55. The zero-order valence-corrected chi connectivity index (χ0v) is 11.4. The van der Waals surface area contributed by atoms with E-state index in [1.165, 1.54) is 11.3 Å². The van der Waals surface area contributed by atoms with Crippen LogP contribution in [0.2, 0.25) is 8.67 Å². The molecule has 0 aliphatic heterocycles. The molecule has 90 valence electrons. The molecule has 7 heteroatoms. The van der Waals surface area contributed by atoms with E-state index in [1.807, 2.05) is 6.92 Å². The SMILES string of the molecule is Cc1n[nH]c(C)c1NC(=O)c1cc(Cl)sc1Cl. The van der Waals surface area contributed by atoms with Gasteiger partial charge in [-0.2, -0.15) is 5.10 Å². The molecule has 0 saturated carbocycles. The fraction of sp³-hybridized carbons (Fsp3) is 0.200. The number of carbonyl (C=O) groups is 1. The topological polar surface area (TPSA) is 57.8 Å². The number of thiophene rings is 1. The summed E-state index contributed by atoms with van der Waals surface area (Å²) in [6.07, 6.45) is 0. The number of hydrogen-bond acceptors (Lipinski definition) is 3. The van der Waals surface area contributed by atoms with E-state index < -0.39 is 0 Å². The fourth-order valence-corrected chi connectivity index (χ4v) is 2.87. The highest BCUT2D eigenvalue weighted by atomic mass is 35.5. The standard InChI is InChI=1S/C10H9Cl2N3OS/c1-4-8(5(2)15-14-4)13-10(16)6-3-7(11)17-9(6)12/h3H,1-2H3,(H,13,16)(H,14,15). The molecule has 1 amide bonds. The Hall–Kier alpha value is -1.04. The number of nitrogens with zero attached hydrogens (tertiary/aromatic N) is 1. The molecule has 2 aromatic rings. The lowest BCUT2D eigenvalue weighted by molar-refractivity contribution is 0.102. The summed E-state index contributed by atoms with van der Waals surface area (Å²) >= 11 is 12.9. The molecule has 2 rings (SSSR count). The third kappa shape index (κ3) is 2.46. The molecule has 0 saturated heterocycles. The number of H-pyrrole nitrogens is 1. The zero-order valence-electron chi connectivity index (χ0n) is 9.10. The van der Waals surface area contributed by atoms with Gasteiger partial charge in [0.1, 0.15) is 4.34 Å². The van der Waals surface area contributed by atoms with Crippen LogP contribution in [0.25, 0.3) is 0 Å². The predicted octanol–water partition coefficient (Wildman–Crippen LogP) is 3.65. The molecule has 0 aliphatic rings. The molecule has 2 N–H and O–H groups in total. The molecule has 2 aromatic heterocycles. The van der Waals surface area contributed by atoms with Crippen LogP contribution in [-0.2, 0) is 0 Å². The number of halogens is 2. The molecule has 17 heavy (non-hydrogen) atoms. The molecule has 0 radical (unpaired) electrons. The van der Waals surface area contributed by atoms with Crippen molar-refractivity contribution in [1.82, 2.24) is 10.2 Å². The minimum Gasteiger partial charge on any atom is -0.319 e. The molecule has 2 heterocycles. The quantitative estimate of drug-likeness (QED) is 0.887. The van der Waals surface area contributed by atoms with Crippen molar-refractivity contribution in [3.8, 4) is 0 Å². The lowest BCUT2D eigenvalue weighted by Gasteiger charge is -2.03. The minimum atomic E-state index is -0.286. The number of aromatic amines is 1. The first-order valence-corrected chi connectivity index (χ1v) is 6.34. The molecule has 0 aromatic carbocycles. The highest BCUT2D eigenvalue weighted by Crippen LogP contribution is 2.31. The maximum absolute atomic E-state index is 12.0. The van der Waals surface area contributed by atoms with Crippen LogP contribution in [0.5, 0.6) is 0 Å². The van der Waals surface area contributed by atoms with Crippen molar-refractivity contribution >= 4 is 46.1 Å². The maximum atomic E-state index is 12.0. The second-order valence-electron chi connectivity index (χ2n) is 3.50. The average Bonchev–Trinajstić information content (AvgIpc) is 2.74. The van der Waals surface area contributed by atoms with E-state index in [2.05, 4.69) is 15.5 Å². The van der Waals surface area contributed by atoms with Gasteiger partial charge in [0.2, 0.25) is 0 Å². The van der Waals surface area contributed by atoms with E-state index in [4.69, 9.17) is 23.2 Å². The highest BCUT2D eigenvalue weighted by molar-refractivity contribution is 7.20. The van der Waals surface area contributed by atoms with E-state index in [9.17, 15) is 4.79 Å². The van der Waals surface area contributed by atoms with Gasteiger partial charge in [0, 0.05) is 0 Å². The third-order valence-corrected chi connectivity index (χ3v) is 3.76. The summed E-state index contributed by atoms with van der Waals surface area (Å²) < 4.78 is 0.868. The van der Waals surface area contributed by atoms with Gasteiger partial charge < -0.3 is 5.32 Å². The molecule has 0 unspecified atom stereocenters. The minimum absolute atomic E-state index is 0.286. The Kier molecular flexibility index (Phi) is 3.42. The summed E-state index contributed by atoms with van der Waals surface area (Å²) in [5.74, 6) is -0.286. The van der Waals surface area contributed by atoms with Gasteiger partial charge in [0.25, 0.3) is 5.91 Å². The van der Waals surface area contributed by atoms with E-state index >= 15 is 0 Å². The Labute approximate surface area is 112 Å².